The third-order valence-electron chi connectivity index (χ3n) is 7.06. The second-order valence-corrected chi connectivity index (χ2v) is 11.3. The van der Waals surface area contributed by atoms with Crippen LogP contribution in [-0.2, 0) is 17.7 Å². The van der Waals surface area contributed by atoms with E-state index in [1.165, 1.54) is 9.80 Å². The summed E-state index contributed by atoms with van der Waals surface area (Å²) in [6.45, 7) is 5.57. The fourth-order valence-electron chi connectivity index (χ4n) is 5.15. The van der Waals surface area contributed by atoms with Crippen LogP contribution in [0.3, 0.4) is 0 Å². The molecule has 1 saturated heterocycles. The number of para-hydroxylation sites is 2. The molecule has 2 aromatic rings. The molecule has 0 bridgehead atoms. The number of hydrogen-bond acceptors (Lipinski definition) is 5. The van der Waals surface area contributed by atoms with Crippen LogP contribution in [0.25, 0.3) is 0 Å². The van der Waals surface area contributed by atoms with Crippen molar-refractivity contribution in [2.24, 2.45) is 0 Å². The van der Waals surface area contributed by atoms with Crippen molar-refractivity contribution in [2.75, 3.05) is 45.6 Å². The Kier molecular flexibility index (Phi) is 10.5. The normalized spacial score (nSPS) is 23.9. The zero-order chi connectivity index (χ0) is 25.3. The van der Waals surface area contributed by atoms with Gasteiger partial charge in [0.2, 0.25) is 0 Å². The van der Waals surface area contributed by atoms with E-state index < -0.39 is 13.9 Å². The molecule has 2 aromatic carbocycles. The average molecular weight is 509 g/mol. The Morgan fingerprint density at radius 1 is 0.857 bits per heavy atom. The fourth-order valence-corrected chi connectivity index (χ4v) is 6.01. The SMILES string of the molecule is [NH3+]CCCCC1C[NH+](Cc2ccccc2O)CC[NH+](CP(=O)([O-])[O-])CC[NH+]1Cc1ccccc1O. The maximum atomic E-state index is 11.6. The summed E-state index contributed by atoms with van der Waals surface area (Å²) >= 11 is 0. The number of nitrogens with one attached hydrogen (secondary N) is 3. The van der Waals surface area contributed by atoms with E-state index in [2.05, 4.69) is 5.73 Å². The lowest BCUT2D eigenvalue weighted by molar-refractivity contribution is -0.988. The molecule has 0 saturated carbocycles. The van der Waals surface area contributed by atoms with E-state index >= 15 is 0 Å². The number of phenols is 2. The molecule has 4 atom stereocenters. The topological polar surface area (TPSA) is 145 Å². The van der Waals surface area contributed by atoms with Crippen LogP contribution in [0.1, 0.15) is 30.4 Å². The van der Waals surface area contributed by atoms with Gasteiger partial charge in [-0.2, -0.15) is 0 Å². The highest BCUT2D eigenvalue weighted by Crippen LogP contribution is 2.18. The largest absolute Gasteiger partial charge is 0.807 e. The summed E-state index contributed by atoms with van der Waals surface area (Å²) in [5, 5.41) is 20.8. The maximum absolute atomic E-state index is 11.6. The van der Waals surface area contributed by atoms with Crippen LogP contribution in [0, 0.1) is 0 Å². The number of aromatic hydroxyl groups is 2. The highest BCUT2D eigenvalue weighted by Gasteiger charge is 2.32. The number of phenolic OH excluding ortho intramolecular Hbond substituents is 2. The van der Waals surface area contributed by atoms with Crippen LogP contribution in [-0.4, -0.2) is 61.8 Å². The van der Waals surface area contributed by atoms with E-state index in [0.717, 1.165) is 48.4 Å². The summed E-state index contributed by atoms with van der Waals surface area (Å²) in [6.07, 6.45) is 2.70. The molecule has 3 rings (SSSR count). The molecule has 4 unspecified atom stereocenters. The van der Waals surface area contributed by atoms with Gasteiger partial charge in [0.25, 0.3) is 0 Å². The standard InChI is InChI=1S/C25H39N4O5P/c26-12-6-5-9-23-19-28(17-21-7-1-3-10-24(21)30)14-13-27(20-35(32,33)34)15-16-29(23)18-22-8-2-4-11-25(22)31/h1-4,7-8,10-11,23,30-31H,5-6,9,12-20,26H2,(H2,32,33,34)/p+2. The highest BCUT2D eigenvalue weighted by atomic mass is 31.2. The summed E-state index contributed by atoms with van der Waals surface area (Å²) < 4.78 is 11.6. The molecule has 10 heteroatoms. The van der Waals surface area contributed by atoms with Gasteiger partial charge in [0.05, 0.1) is 6.54 Å². The molecule has 1 aliphatic rings. The minimum Gasteiger partial charge on any atom is -0.807 e. The Balaban J connectivity index is 1.88. The van der Waals surface area contributed by atoms with Crippen LogP contribution in [0.2, 0.25) is 0 Å². The number of hydrogen-bond donors (Lipinski definition) is 6. The van der Waals surface area contributed by atoms with Gasteiger partial charge in [-0.1, -0.05) is 24.3 Å². The monoisotopic (exact) mass is 508 g/mol. The fraction of sp³-hybridized carbons (Fsp3) is 0.520. The van der Waals surface area contributed by atoms with Crippen molar-refractivity contribution >= 4 is 7.60 Å². The van der Waals surface area contributed by atoms with Crippen molar-refractivity contribution in [3.05, 3.63) is 59.7 Å². The van der Waals surface area contributed by atoms with Crippen molar-refractivity contribution < 1.29 is 45.0 Å². The quantitative estimate of drug-likeness (QED) is 0.144. The maximum Gasteiger partial charge on any atom is 0.137 e. The molecular weight excluding hydrogens is 467 g/mol. The lowest BCUT2D eigenvalue weighted by atomic mass is 10.0. The summed E-state index contributed by atoms with van der Waals surface area (Å²) in [4.78, 5) is 26.6. The Labute approximate surface area is 207 Å². The van der Waals surface area contributed by atoms with E-state index in [0.29, 0.717) is 39.3 Å². The van der Waals surface area contributed by atoms with Gasteiger partial charge in [0, 0.05) is 17.5 Å². The molecule has 0 aromatic heterocycles. The van der Waals surface area contributed by atoms with Gasteiger partial charge in [-0.05, 0) is 44.7 Å². The third-order valence-corrected chi connectivity index (χ3v) is 7.89. The van der Waals surface area contributed by atoms with Crippen LogP contribution in [0.4, 0.5) is 0 Å². The predicted octanol–water partition coefficient (Wildman–Crippen LogP) is -3.88. The van der Waals surface area contributed by atoms with Crippen molar-refractivity contribution in [3.8, 4) is 11.5 Å². The molecule has 1 fully saturated rings. The second kappa shape index (κ2) is 13.4. The Hall–Kier alpha value is -1.97. The minimum atomic E-state index is -4.65. The molecule has 0 amide bonds. The summed E-state index contributed by atoms with van der Waals surface area (Å²) in [6, 6.07) is 15.0. The molecule has 194 valence electrons. The summed E-state index contributed by atoms with van der Waals surface area (Å²) in [7, 11) is -4.65. The van der Waals surface area contributed by atoms with E-state index in [4.69, 9.17) is 0 Å². The van der Waals surface area contributed by atoms with Gasteiger partial charge >= 0.3 is 0 Å². The second-order valence-electron chi connectivity index (χ2n) is 9.79. The molecule has 1 aliphatic heterocycles. The van der Waals surface area contributed by atoms with Crippen LogP contribution in [0.5, 0.6) is 11.5 Å². The highest BCUT2D eigenvalue weighted by molar-refractivity contribution is 7.48. The van der Waals surface area contributed by atoms with Crippen molar-refractivity contribution in [2.45, 2.75) is 38.4 Å². The van der Waals surface area contributed by atoms with Crippen molar-refractivity contribution in [3.63, 3.8) is 0 Å². The zero-order valence-electron chi connectivity index (χ0n) is 20.5. The Morgan fingerprint density at radius 3 is 2.03 bits per heavy atom. The van der Waals surface area contributed by atoms with E-state index in [-0.39, 0.29) is 17.5 Å². The first-order valence-corrected chi connectivity index (χ1v) is 14.3. The number of benzene rings is 2. The van der Waals surface area contributed by atoms with Crippen molar-refractivity contribution in [1.29, 1.82) is 0 Å². The Bertz CT molecular complexity index is 972. The van der Waals surface area contributed by atoms with Gasteiger partial charge in [-0.15, -0.1) is 0 Å². The summed E-state index contributed by atoms with van der Waals surface area (Å²) in [5.41, 5.74) is 5.71. The first-order chi connectivity index (χ1) is 16.7. The minimum absolute atomic E-state index is 0.264. The van der Waals surface area contributed by atoms with E-state index in [1.54, 1.807) is 18.2 Å². The molecule has 8 N–H and O–H groups in total. The van der Waals surface area contributed by atoms with Crippen LogP contribution >= 0.6 is 7.60 Å². The van der Waals surface area contributed by atoms with E-state index in [1.807, 2.05) is 30.3 Å². The Morgan fingerprint density at radius 2 is 1.43 bits per heavy atom. The van der Waals surface area contributed by atoms with Gasteiger partial charge in [-0.3, -0.25) is 0 Å². The van der Waals surface area contributed by atoms with Gasteiger partial charge < -0.3 is 45.0 Å². The molecule has 0 radical (unpaired) electrons. The molecule has 0 aliphatic carbocycles. The molecule has 9 nitrogen and oxygen atoms in total. The zero-order valence-corrected chi connectivity index (χ0v) is 21.3. The van der Waals surface area contributed by atoms with Gasteiger partial charge in [-0.25, -0.2) is 0 Å². The lowest BCUT2D eigenvalue weighted by Gasteiger charge is -2.33. The predicted molar refractivity (Wildman–Crippen MR) is 129 cm³/mol. The van der Waals surface area contributed by atoms with Crippen LogP contribution in [0.15, 0.2) is 48.5 Å². The number of unbranched alkanes of at least 4 members (excludes halogenated alkanes) is 1. The molecule has 1 heterocycles. The van der Waals surface area contributed by atoms with Crippen molar-refractivity contribution in [1.82, 2.24) is 0 Å². The first kappa shape index (κ1) is 27.6. The molecule has 35 heavy (non-hydrogen) atoms. The number of rotatable bonds is 10. The van der Waals surface area contributed by atoms with Crippen LogP contribution < -0.4 is 30.2 Å². The third kappa shape index (κ3) is 9.20. The lowest BCUT2D eigenvalue weighted by Crippen LogP contribution is -3.22. The van der Waals surface area contributed by atoms with E-state index in [9.17, 15) is 24.6 Å². The molecular formula is C25H41N4O5P+2. The smallest absolute Gasteiger partial charge is 0.137 e. The first-order valence-electron chi connectivity index (χ1n) is 12.6. The summed E-state index contributed by atoms with van der Waals surface area (Å²) in [5.74, 6) is 0.530. The molecule has 0 spiro atoms. The van der Waals surface area contributed by atoms with Gasteiger partial charge in [0.1, 0.15) is 69.6 Å². The van der Waals surface area contributed by atoms with Gasteiger partial charge in [0.15, 0.2) is 0 Å². The average Bonchev–Trinajstić information content (AvgIpc) is 2.87. The number of quaternary nitrogens is 4.